The largest absolute Gasteiger partial charge is 0.489 e. The molecular weight excluding hydrogens is 519 g/mol. The summed E-state index contributed by atoms with van der Waals surface area (Å²) >= 11 is 0. The lowest BCUT2D eigenvalue weighted by Gasteiger charge is -2.34. The number of carboxylic acid groups (broad SMARTS) is 1. The molecule has 1 aliphatic heterocycles. The molecule has 0 radical (unpaired) electrons. The van der Waals surface area contributed by atoms with Crippen LogP contribution in [0.4, 0.5) is 18.9 Å². The van der Waals surface area contributed by atoms with Gasteiger partial charge in [0.05, 0.1) is 22.1 Å². The Balaban J connectivity index is 1.66. The highest BCUT2D eigenvalue weighted by atomic mass is 32.2. The van der Waals surface area contributed by atoms with E-state index in [-0.39, 0.29) is 24.1 Å². The summed E-state index contributed by atoms with van der Waals surface area (Å²) in [5.41, 5.74) is 1.58. The molecule has 3 aromatic carbocycles. The third-order valence-electron chi connectivity index (χ3n) is 6.50. The number of alkyl halides is 3. The van der Waals surface area contributed by atoms with Gasteiger partial charge in [-0.2, -0.15) is 13.2 Å². The number of rotatable bonds is 6. The number of carboxylic acids is 1. The first-order valence-electron chi connectivity index (χ1n) is 11.9. The van der Waals surface area contributed by atoms with Gasteiger partial charge in [-0.15, -0.1) is 0 Å². The second-order valence-corrected chi connectivity index (χ2v) is 12.2. The number of carbonyl (C=O) groups is 1. The van der Waals surface area contributed by atoms with Crippen molar-refractivity contribution in [3.63, 3.8) is 0 Å². The highest BCUT2D eigenvalue weighted by Gasteiger charge is 2.38. The Kier molecular flexibility index (Phi) is 7.22. The summed E-state index contributed by atoms with van der Waals surface area (Å²) in [6, 6.07) is 16.0. The van der Waals surface area contributed by atoms with E-state index < -0.39 is 45.1 Å². The third kappa shape index (κ3) is 5.80. The van der Waals surface area contributed by atoms with Gasteiger partial charge in [0, 0.05) is 12.6 Å². The molecule has 1 heterocycles. The molecule has 38 heavy (non-hydrogen) atoms. The molecule has 1 unspecified atom stereocenters. The first-order chi connectivity index (χ1) is 17.7. The van der Waals surface area contributed by atoms with E-state index in [4.69, 9.17) is 4.74 Å². The Bertz CT molecular complexity index is 1440. The van der Waals surface area contributed by atoms with Gasteiger partial charge in [-0.25, -0.2) is 8.42 Å². The predicted octanol–water partition coefficient (Wildman–Crippen LogP) is 6.03. The van der Waals surface area contributed by atoms with Gasteiger partial charge in [0.2, 0.25) is 0 Å². The zero-order chi connectivity index (χ0) is 27.9. The molecule has 1 atom stereocenters. The summed E-state index contributed by atoms with van der Waals surface area (Å²) in [5.74, 6) is -1.91. The van der Waals surface area contributed by atoms with Crippen LogP contribution in [-0.2, 0) is 39.4 Å². The minimum absolute atomic E-state index is 0.000257. The number of halogens is 3. The lowest BCUT2D eigenvalue weighted by Crippen LogP contribution is -2.42. The Morgan fingerprint density at radius 1 is 1.00 bits per heavy atom. The van der Waals surface area contributed by atoms with E-state index in [9.17, 15) is 31.5 Å². The molecule has 0 amide bonds. The molecule has 0 saturated heterocycles. The first kappa shape index (κ1) is 27.5. The second-order valence-electron chi connectivity index (χ2n) is 10.3. The van der Waals surface area contributed by atoms with Crippen LogP contribution in [-0.4, -0.2) is 26.0 Å². The number of sulfonamides is 1. The van der Waals surface area contributed by atoms with E-state index in [0.717, 1.165) is 28.1 Å². The minimum Gasteiger partial charge on any atom is -0.489 e. The normalized spacial score (nSPS) is 16.2. The fraction of sp³-hybridized carbons (Fsp3) is 0.321. The van der Waals surface area contributed by atoms with Crippen molar-refractivity contribution in [2.24, 2.45) is 5.92 Å². The van der Waals surface area contributed by atoms with Crippen LogP contribution in [0.2, 0.25) is 0 Å². The van der Waals surface area contributed by atoms with Gasteiger partial charge in [-0.05, 0) is 52.8 Å². The molecule has 10 heteroatoms. The van der Waals surface area contributed by atoms with Crippen molar-refractivity contribution in [2.75, 3.05) is 10.8 Å². The summed E-state index contributed by atoms with van der Waals surface area (Å²) in [6.07, 6.45) is -4.66. The Morgan fingerprint density at radius 2 is 1.68 bits per heavy atom. The fourth-order valence-electron chi connectivity index (χ4n) is 4.29. The van der Waals surface area contributed by atoms with Crippen LogP contribution in [0, 0.1) is 5.92 Å². The van der Waals surface area contributed by atoms with E-state index in [2.05, 4.69) is 20.8 Å². The number of hydrogen-bond acceptors (Lipinski definition) is 4. The fourth-order valence-corrected chi connectivity index (χ4v) is 5.87. The monoisotopic (exact) mass is 547 g/mol. The Morgan fingerprint density at radius 3 is 2.29 bits per heavy atom. The average Bonchev–Trinajstić information content (AvgIpc) is 2.86. The Hall–Kier alpha value is -3.53. The molecule has 0 bridgehead atoms. The van der Waals surface area contributed by atoms with Crippen molar-refractivity contribution >= 4 is 21.7 Å². The summed E-state index contributed by atoms with van der Waals surface area (Å²) in [7, 11) is -4.51. The smallest absolute Gasteiger partial charge is 0.416 e. The average molecular weight is 548 g/mol. The summed E-state index contributed by atoms with van der Waals surface area (Å²) in [6.45, 7) is 6.12. The number of anilines is 1. The van der Waals surface area contributed by atoms with Gasteiger partial charge in [0.25, 0.3) is 10.0 Å². The number of aliphatic carboxylic acids is 1. The number of nitrogens with zero attached hydrogens (tertiary/aromatic N) is 1. The van der Waals surface area contributed by atoms with E-state index in [0.29, 0.717) is 17.4 Å². The quantitative estimate of drug-likeness (QED) is 0.407. The molecule has 0 spiro atoms. The van der Waals surface area contributed by atoms with Gasteiger partial charge in [-0.3, -0.25) is 9.10 Å². The molecule has 0 aliphatic carbocycles. The van der Waals surface area contributed by atoms with E-state index in [1.807, 2.05) is 24.3 Å². The highest BCUT2D eigenvalue weighted by molar-refractivity contribution is 7.92. The van der Waals surface area contributed by atoms with Crippen molar-refractivity contribution in [2.45, 2.75) is 50.3 Å². The number of ether oxygens (including phenoxy) is 1. The van der Waals surface area contributed by atoms with Gasteiger partial charge in [0.15, 0.2) is 0 Å². The van der Waals surface area contributed by atoms with E-state index in [1.54, 1.807) is 12.1 Å². The van der Waals surface area contributed by atoms with Crippen molar-refractivity contribution in [1.29, 1.82) is 0 Å². The van der Waals surface area contributed by atoms with Gasteiger partial charge >= 0.3 is 12.1 Å². The van der Waals surface area contributed by atoms with E-state index >= 15 is 0 Å². The molecule has 0 fully saturated rings. The maximum Gasteiger partial charge on any atom is 0.416 e. The lowest BCUT2D eigenvalue weighted by atomic mass is 9.87. The third-order valence-corrected chi connectivity index (χ3v) is 8.28. The topological polar surface area (TPSA) is 83.9 Å². The van der Waals surface area contributed by atoms with Gasteiger partial charge < -0.3 is 9.84 Å². The van der Waals surface area contributed by atoms with Crippen molar-refractivity contribution < 1.29 is 36.2 Å². The maximum absolute atomic E-state index is 13.5. The van der Waals surface area contributed by atoms with Crippen LogP contribution in [0.15, 0.2) is 71.6 Å². The predicted molar refractivity (Wildman–Crippen MR) is 137 cm³/mol. The molecule has 202 valence electrons. The number of hydrogen-bond donors (Lipinski definition) is 1. The van der Waals surface area contributed by atoms with Crippen molar-refractivity contribution in [3.05, 3.63) is 89.0 Å². The SMILES string of the molecule is CC(C)(C)c1ccc(COc2ccc3c(c2)N(S(=O)(=O)c2cccc(C(F)(F)F)c2)CC(C(=O)O)C3)cc1. The number of benzene rings is 3. The standard InChI is InChI=1S/C28H28F3NO5S/c1-27(2,3)21-10-7-18(8-11-21)17-37-23-12-9-19-13-20(26(33)34)16-32(25(19)15-23)38(35,36)24-6-4-5-22(14-24)28(29,30)31/h4-12,14-15,20H,13,16-17H2,1-3H3,(H,33,34). The van der Waals surface area contributed by atoms with Crippen LogP contribution >= 0.6 is 0 Å². The second kappa shape index (κ2) is 9.98. The molecule has 6 nitrogen and oxygen atoms in total. The molecule has 4 rings (SSSR count). The lowest BCUT2D eigenvalue weighted by molar-refractivity contribution is -0.141. The molecule has 3 aromatic rings. The van der Waals surface area contributed by atoms with Crippen molar-refractivity contribution in [1.82, 2.24) is 0 Å². The van der Waals surface area contributed by atoms with Crippen LogP contribution in [0.1, 0.15) is 43.0 Å². The van der Waals surface area contributed by atoms with Gasteiger partial charge in [-0.1, -0.05) is 57.2 Å². The van der Waals surface area contributed by atoms with Gasteiger partial charge in [0.1, 0.15) is 12.4 Å². The number of fused-ring (bicyclic) bond motifs is 1. The molecule has 1 aliphatic rings. The highest BCUT2D eigenvalue weighted by Crippen LogP contribution is 2.38. The molecule has 0 saturated carbocycles. The van der Waals surface area contributed by atoms with Crippen LogP contribution in [0.25, 0.3) is 0 Å². The van der Waals surface area contributed by atoms with Crippen LogP contribution < -0.4 is 9.04 Å². The summed E-state index contributed by atoms with van der Waals surface area (Å²) in [4.78, 5) is 11.2. The molecular formula is C28H28F3NO5S. The van der Waals surface area contributed by atoms with Crippen LogP contribution in [0.3, 0.4) is 0 Å². The summed E-state index contributed by atoms with van der Waals surface area (Å²) in [5, 5.41) is 9.61. The maximum atomic E-state index is 13.5. The summed E-state index contributed by atoms with van der Waals surface area (Å²) < 4.78 is 73.6. The minimum atomic E-state index is -4.74. The molecule has 0 aromatic heterocycles. The van der Waals surface area contributed by atoms with Crippen molar-refractivity contribution in [3.8, 4) is 5.75 Å². The van der Waals surface area contributed by atoms with Crippen LogP contribution in [0.5, 0.6) is 5.75 Å². The first-order valence-corrected chi connectivity index (χ1v) is 13.4. The zero-order valence-corrected chi connectivity index (χ0v) is 21.9. The molecule has 1 N–H and O–H groups in total. The van der Waals surface area contributed by atoms with E-state index in [1.165, 1.54) is 11.6 Å². The zero-order valence-electron chi connectivity index (χ0n) is 21.1. The Labute approximate surface area is 219 Å².